The van der Waals surface area contributed by atoms with Gasteiger partial charge in [-0.3, -0.25) is 4.79 Å². The van der Waals surface area contributed by atoms with Crippen molar-refractivity contribution in [3.8, 4) is 10.6 Å². The van der Waals surface area contributed by atoms with Gasteiger partial charge < -0.3 is 10.1 Å². The Bertz CT molecular complexity index is 1030. The molecule has 0 atom stereocenters. The maximum absolute atomic E-state index is 13.1. The highest BCUT2D eigenvalue weighted by Crippen LogP contribution is 2.28. The van der Waals surface area contributed by atoms with Crippen LogP contribution in [-0.2, 0) is 9.53 Å². The van der Waals surface area contributed by atoms with Crippen LogP contribution in [0.5, 0.6) is 0 Å². The average molecular weight is 398 g/mol. The van der Waals surface area contributed by atoms with Crippen molar-refractivity contribution in [3.63, 3.8) is 0 Å². The Balaban J connectivity index is 1.64. The minimum absolute atomic E-state index is 0.318. The van der Waals surface area contributed by atoms with Crippen LogP contribution in [0.15, 0.2) is 42.5 Å². The number of aryl methyl sites for hydroxylation is 2. The van der Waals surface area contributed by atoms with Gasteiger partial charge in [0.1, 0.15) is 15.7 Å². The van der Waals surface area contributed by atoms with E-state index in [0.29, 0.717) is 26.8 Å². The fourth-order valence-electron chi connectivity index (χ4n) is 2.57. The summed E-state index contributed by atoms with van der Waals surface area (Å²) >= 11 is 1.15. The lowest BCUT2D eigenvalue weighted by atomic mass is 10.1. The number of amides is 1. The van der Waals surface area contributed by atoms with Crippen molar-refractivity contribution in [1.29, 1.82) is 0 Å². The third-order valence-electron chi connectivity index (χ3n) is 4.29. The Morgan fingerprint density at radius 1 is 1.11 bits per heavy atom. The molecule has 0 aliphatic carbocycles. The predicted molar refractivity (Wildman–Crippen MR) is 107 cm³/mol. The molecule has 0 radical (unpaired) electrons. The second kappa shape index (κ2) is 8.31. The van der Waals surface area contributed by atoms with Crippen LogP contribution in [0.25, 0.3) is 10.6 Å². The van der Waals surface area contributed by atoms with E-state index in [0.717, 1.165) is 22.5 Å². The highest BCUT2D eigenvalue weighted by molar-refractivity contribution is 7.17. The number of esters is 1. The van der Waals surface area contributed by atoms with Crippen LogP contribution in [0.2, 0.25) is 0 Å². The minimum Gasteiger partial charge on any atom is -0.451 e. The lowest BCUT2D eigenvalue weighted by molar-refractivity contribution is -0.119. The van der Waals surface area contributed by atoms with Gasteiger partial charge in [-0.15, -0.1) is 11.3 Å². The van der Waals surface area contributed by atoms with Gasteiger partial charge >= 0.3 is 5.97 Å². The molecule has 28 heavy (non-hydrogen) atoms. The van der Waals surface area contributed by atoms with Crippen LogP contribution < -0.4 is 5.32 Å². The molecule has 1 heterocycles. The van der Waals surface area contributed by atoms with Gasteiger partial charge in [0.15, 0.2) is 6.61 Å². The molecule has 0 fully saturated rings. The van der Waals surface area contributed by atoms with Crippen molar-refractivity contribution < 1.29 is 18.7 Å². The molecule has 5 nitrogen and oxygen atoms in total. The van der Waals surface area contributed by atoms with Crippen LogP contribution in [0.4, 0.5) is 10.1 Å². The first-order chi connectivity index (χ1) is 13.3. The number of aromatic nitrogens is 1. The van der Waals surface area contributed by atoms with Gasteiger partial charge in [0.05, 0.1) is 5.69 Å². The third kappa shape index (κ3) is 4.43. The van der Waals surface area contributed by atoms with Gasteiger partial charge in [-0.05, 0) is 62.2 Å². The molecule has 1 amide bonds. The largest absolute Gasteiger partial charge is 0.451 e. The molecule has 1 N–H and O–H groups in total. The van der Waals surface area contributed by atoms with Crippen LogP contribution in [0.3, 0.4) is 0 Å². The first kappa shape index (κ1) is 19.7. The average Bonchev–Trinajstić information content (AvgIpc) is 3.06. The fourth-order valence-corrected chi connectivity index (χ4v) is 3.54. The molecular formula is C21H19FN2O3S. The summed E-state index contributed by atoms with van der Waals surface area (Å²) in [4.78, 5) is 29.1. The zero-order valence-corrected chi connectivity index (χ0v) is 16.5. The van der Waals surface area contributed by atoms with Crippen molar-refractivity contribution in [1.82, 2.24) is 4.98 Å². The van der Waals surface area contributed by atoms with Crippen molar-refractivity contribution in [2.24, 2.45) is 0 Å². The molecule has 3 aromatic rings. The van der Waals surface area contributed by atoms with E-state index in [-0.39, 0.29) is 5.82 Å². The molecule has 0 unspecified atom stereocenters. The molecule has 2 aromatic carbocycles. The Hall–Kier alpha value is -3.06. The first-order valence-electron chi connectivity index (χ1n) is 8.61. The topological polar surface area (TPSA) is 68.3 Å². The zero-order chi connectivity index (χ0) is 20.3. The van der Waals surface area contributed by atoms with Gasteiger partial charge in [-0.2, -0.15) is 0 Å². The van der Waals surface area contributed by atoms with E-state index in [1.165, 1.54) is 12.1 Å². The molecule has 0 bridgehead atoms. The van der Waals surface area contributed by atoms with Crippen LogP contribution in [0.1, 0.15) is 26.5 Å². The number of halogens is 1. The van der Waals surface area contributed by atoms with E-state index in [1.54, 1.807) is 25.1 Å². The quantitative estimate of drug-likeness (QED) is 0.634. The lowest BCUT2D eigenvalue weighted by Crippen LogP contribution is -2.21. The zero-order valence-electron chi connectivity index (χ0n) is 15.7. The Kier molecular flexibility index (Phi) is 5.84. The Morgan fingerprint density at radius 2 is 1.82 bits per heavy atom. The van der Waals surface area contributed by atoms with Crippen LogP contribution in [0, 0.1) is 26.6 Å². The van der Waals surface area contributed by atoms with Gasteiger partial charge in [0.25, 0.3) is 5.91 Å². The van der Waals surface area contributed by atoms with E-state index in [1.807, 2.05) is 26.0 Å². The normalized spacial score (nSPS) is 10.6. The Morgan fingerprint density at radius 3 is 2.54 bits per heavy atom. The van der Waals surface area contributed by atoms with Gasteiger partial charge in [-0.25, -0.2) is 14.2 Å². The van der Waals surface area contributed by atoms with Gasteiger partial charge in [0.2, 0.25) is 0 Å². The molecule has 0 aliphatic rings. The van der Waals surface area contributed by atoms with Crippen molar-refractivity contribution >= 4 is 28.9 Å². The number of anilines is 1. The number of rotatable bonds is 5. The smallest absolute Gasteiger partial charge is 0.350 e. The van der Waals surface area contributed by atoms with Crippen LogP contribution >= 0.6 is 11.3 Å². The third-order valence-corrected chi connectivity index (χ3v) is 5.47. The second-order valence-corrected chi connectivity index (χ2v) is 7.31. The number of nitrogens with one attached hydrogen (secondary N) is 1. The number of benzene rings is 2. The summed E-state index contributed by atoms with van der Waals surface area (Å²) in [6.07, 6.45) is 0. The van der Waals surface area contributed by atoms with Gasteiger partial charge in [-0.1, -0.05) is 12.1 Å². The number of carbonyl (C=O) groups excluding carboxylic acids is 2. The molecule has 0 aliphatic heterocycles. The monoisotopic (exact) mass is 398 g/mol. The number of hydrogen-bond donors (Lipinski definition) is 1. The summed E-state index contributed by atoms with van der Waals surface area (Å²) in [6, 6.07) is 11.5. The van der Waals surface area contributed by atoms with E-state index >= 15 is 0 Å². The second-order valence-electron chi connectivity index (χ2n) is 6.31. The van der Waals surface area contributed by atoms with Gasteiger partial charge in [0, 0.05) is 11.3 Å². The number of ether oxygens (including phenoxy) is 1. The summed E-state index contributed by atoms with van der Waals surface area (Å²) in [7, 11) is 0. The minimum atomic E-state index is -0.612. The molecule has 3 rings (SSSR count). The fraction of sp³-hybridized carbons (Fsp3) is 0.190. The maximum Gasteiger partial charge on any atom is 0.350 e. The van der Waals surface area contributed by atoms with Crippen molar-refractivity contribution in [2.45, 2.75) is 20.8 Å². The highest BCUT2D eigenvalue weighted by Gasteiger charge is 2.19. The molecule has 0 saturated heterocycles. The van der Waals surface area contributed by atoms with E-state index in [2.05, 4.69) is 10.3 Å². The summed E-state index contributed by atoms with van der Waals surface area (Å²) in [5.74, 6) is -1.37. The summed E-state index contributed by atoms with van der Waals surface area (Å²) in [5.41, 5.74) is 3.92. The summed E-state index contributed by atoms with van der Waals surface area (Å²) in [6.45, 7) is 5.16. The number of thiazole rings is 1. The van der Waals surface area contributed by atoms with E-state index < -0.39 is 18.5 Å². The predicted octanol–water partition coefficient (Wildman–Crippen LogP) is 4.67. The van der Waals surface area contributed by atoms with Crippen LogP contribution in [-0.4, -0.2) is 23.5 Å². The molecular weight excluding hydrogens is 379 g/mol. The number of hydrogen-bond acceptors (Lipinski definition) is 5. The number of carbonyl (C=O) groups is 2. The summed E-state index contributed by atoms with van der Waals surface area (Å²) < 4.78 is 18.2. The van der Waals surface area contributed by atoms with Crippen molar-refractivity contribution in [2.75, 3.05) is 11.9 Å². The van der Waals surface area contributed by atoms with Crippen molar-refractivity contribution in [3.05, 3.63) is 70.0 Å². The molecule has 1 aromatic heterocycles. The Labute approximate surface area is 166 Å². The number of nitrogens with zero attached hydrogens (tertiary/aromatic N) is 1. The lowest BCUT2D eigenvalue weighted by Gasteiger charge is -2.10. The standard InChI is InChI=1S/C21H19FN2O3S/c1-12-5-4-6-17(13(12)2)24-18(25)11-27-21(26)19-14(3)23-20(28-19)15-7-9-16(22)10-8-15/h4-10H,11H2,1-3H3,(H,24,25). The molecule has 144 valence electrons. The molecule has 7 heteroatoms. The molecule has 0 spiro atoms. The van der Waals surface area contributed by atoms with E-state index in [4.69, 9.17) is 4.74 Å². The SMILES string of the molecule is Cc1cccc(NC(=O)COC(=O)c2sc(-c3ccc(F)cc3)nc2C)c1C. The maximum atomic E-state index is 13.1. The highest BCUT2D eigenvalue weighted by atomic mass is 32.1. The first-order valence-corrected chi connectivity index (χ1v) is 9.43. The summed E-state index contributed by atoms with van der Waals surface area (Å²) in [5, 5.41) is 3.33. The van der Waals surface area contributed by atoms with E-state index in [9.17, 15) is 14.0 Å². The molecule has 0 saturated carbocycles.